The van der Waals surface area contributed by atoms with Crippen LogP contribution in [0.2, 0.25) is 0 Å². The molecule has 100 valence electrons. The lowest BCUT2D eigenvalue weighted by Gasteiger charge is -2.06. The van der Waals surface area contributed by atoms with E-state index in [2.05, 4.69) is 10.6 Å². The maximum atomic E-state index is 11.2. The molecule has 6 heteroatoms. The standard InChI is InChI=1S/C11H22N2O4/c1-17-9-5-8-13-11(16)12-7-4-2-3-6-10(14)15/h2-9H2,1H3,(H,14,15)(H2,12,13,16). The minimum Gasteiger partial charge on any atom is -0.481 e. The number of hydrogen-bond acceptors (Lipinski definition) is 3. The third kappa shape index (κ3) is 12.6. The maximum absolute atomic E-state index is 11.2. The third-order valence-corrected chi connectivity index (χ3v) is 2.16. The van der Waals surface area contributed by atoms with Crippen molar-refractivity contribution in [1.29, 1.82) is 0 Å². The van der Waals surface area contributed by atoms with Crippen molar-refractivity contribution in [2.24, 2.45) is 0 Å². The zero-order valence-electron chi connectivity index (χ0n) is 10.3. The van der Waals surface area contributed by atoms with Crippen LogP contribution in [0.1, 0.15) is 32.1 Å². The lowest BCUT2D eigenvalue weighted by molar-refractivity contribution is -0.137. The van der Waals surface area contributed by atoms with Crippen LogP contribution < -0.4 is 10.6 Å². The summed E-state index contributed by atoms with van der Waals surface area (Å²) in [5.41, 5.74) is 0. The summed E-state index contributed by atoms with van der Waals surface area (Å²) in [4.78, 5) is 21.4. The van der Waals surface area contributed by atoms with Gasteiger partial charge in [0, 0.05) is 33.2 Å². The van der Waals surface area contributed by atoms with E-state index in [9.17, 15) is 9.59 Å². The topological polar surface area (TPSA) is 87.7 Å². The number of unbranched alkanes of at least 4 members (excludes halogenated alkanes) is 2. The zero-order valence-corrected chi connectivity index (χ0v) is 10.3. The summed E-state index contributed by atoms with van der Waals surface area (Å²) in [6, 6.07) is -0.181. The van der Waals surface area contributed by atoms with Gasteiger partial charge in [0.15, 0.2) is 0 Å². The predicted octanol–water partition coefficient (Wildman–Crippen LogP) is 0.967. The van der Waals surface area contributed by atoms with Crippen LogP contribution in [0.4, 0.5) is 4.79 Å². The number of ether oxygens (including phenoxy) is 1. The molecule has 2 amide bonds. The molecule has 0 rings (SSSR count). The predicted molar refractivity (Wildman–Crippen MR) is 64.0 cm³/mol. The van der Waals surface area contributed by atoms with Crippen molar-refractivity contribution in [3.8, 4) is 0 Å². The number of methoxy groups -OCH3 is 1. The van der Waals surface area contributed by atoms with E-state index in [4.69, 9.17) is 9.84 Å². The first kappa shape index (κ1) is 15.7. The molecule has 0 aliphatic heterocycles. The van der Waals surface area contributed by atoms with Gasteiger partial charge < -0.3 is 20.5 Å². The highest BCUT2D eigenvalue weighted by molar-refractivity contribution is 5.73. The van der Waals surface area contributed by atoms with Gasteiger partial charge in [-0.15, -0.1) is 0 Å². The van der Waals surface area contributed by atoms with Crippen molar-refractivity contribution >= 4 is 12.0 Å². The van der Waals surface area contributed by atoms with Crippen molar-refractivity contribution in [2.45, 2.75) is 32.1 Å². The highest BCUT2D eigenvalue weighted by Gasteiger charge is 1.99. The Labute approximate surface area is 102 Å². The molecule has 3 N–H and O–H groups in total. The van der Waals surface area contributed by atoms with Crippen LogP contribution in [-0.4, -0.2) is 43.9 Å². The van der Waals surface area contributed by atoms with E-state index in [1.165, 1.54) is 0 Å². The fraction of sp³-hybridized carbons (Fsp3) is 0.818. The normalized spacial score (nSPS) is 9.94. The van der Waals surface area contributed by atoms with Gasteiger partial charge in [-0.1, -0.05) is 6.42 Å². The average molecular weight is 246 g/mol. The Morgan fingerprint density at radius 2 is 1.71 bits per heavy atom. The summed E-state index contributed by atoms with van der Waals surface area (Å²) < 4.78 is 4.85. The molecule has 17 heavy (non-hydrogen) atoms. The molecule has 0 unspecified atom stereocenters. The van der Waals surface area contributed by atoms with Crippen LogP contribution in [-0.2, 0) is 9.53 Å². The van der Waals surface area contributed by atoms with Crippen LogP contribution in [0, 0.1) is 0 Å². The van der Waals surface area contributed by atoms with Crippen molar-refractivity contribution in [3.63, 3.8) is 0 Å². The average Bonchev–Trinajstić information content (AvgIpc) is 2.29. The summed E-state index contributed by atoms with van der Waals surface area (Å²) >= 11 is 0. The highest BCUT2D eigenvalue weighted by Crippen LogP contribution is 1.98. The molecule has 0 fully saturated rings. The molecule has 0 saturated carbocycles. The van der Waals surface area contributed by atoms with Gasteiger partial charge in [0.05, 0.1) is 0 Å². The molecule has 0 saturated heterocycles. The molecule has 0 aromatic heterocycles. The number of urea groups is 1. The van der Waals surface area contributed by atoms with Gasteiger partial charge >= 0.3 is 12.0 Å². The lowest BCUT2D eigenvalue weighted by atomic mass is 10.2. The number of carboxylic acids is 1. The Bertz CT molecular complexity index is 222. The van der Waals surface area contributed by atoms with E-state index in [0.29, 0.717) is 26.1 Å². The van der Waals surface area contributed by atoms with Gasteiger partial charge in [-0.05, 0) is 19.3 Å². The molecular formula is C11H22N2O4. The number of hydrogen-bond donors (Lipinski definition) is 3. The third-order valence-electron chi connectivity index (χ3n) is 2.16. The minimum atomic E-state index is -0.770. The number of carbonyl (C=O) groups excluding carboxylic acids is 1. The van der Waals surface area contributed by atoms with Gasteiger partial charge in [0.25, 0.3) is 0 Å². The number of aliphatic carboxylic acids is 1. The van der Waals surface area contributed by atoms with Gasteiger partial charge in [0.1, 0.15) is 0 Å². The van der Waals surface area contributed by atoms with Crippen molar-refractivity contribution in [3.05, 3.63) is 0 Å². The molecule has 0 radical (unpaired) electrons. The molecule has 0 aromatic rings. The molecule has 0 spiro atoms. The highest BCUT2D eigenvalue weighted by atomic mass is 16.5. The maximum Gasteiger partial charge on any atom is 0.314 e. The molecule has 0 aliphatic carbocycles. The first-order valence-electron chi connectivity index (χ1n) is 5.89. The van der Waals surface area contributed by atoms with E-state index in [1.807, 2.05) is 0 Å². The number of amides is 2. The first-order chi connectivity index (χ1) is 8.16. The second kappa shape index (κ2) is 11.2. The summed E-state index contributed by atoms with van der Waals surface area (Å²) in [7, 11) is 1.62. The molecule has 6 nitrogen and oxygen atoms in total. The number of nitrogens with one attached hydrogen (secondary N) is 2. The second-order valence-electron chi connectivity index (χ2n) is 3.73. The summed E-state index contributed by atoms with van der Waals surface area (Å²) in [6.45, 7) is 1.81. The molecular weight excluding hydrogens is 224 g/mol. The van der Waals surface area contributed by atoms with Gasteiger partial charge in [-0.3, -0.25) is 4.79 Å². The Morgan fingerprint density at radius 1 is 1.06 bits per heavy atom. The fourth-order valence-electron chi connectivity index (χ4n) is 1.26. The largest absolute Gasteiger partial charge is 0.481 e. The fourth-order valence-corrected chi connectivity index (χ4v) is 1.26. The molecule has 0 aromatic carbocycles. The van der Waals surface area contributed by atoms with E-state index < -0.39 is 5.97 Å². The van der Waals surface area contributed by atoms with Crippen molar-refractivity contribution < 1.29 is 19.4 Å². The Hall–Kier alpha value is -1.30. The molecule has 0 heterocycles. The van der Waals surface area contributed by atoms with Gasteiger partial charge in [-0.25, -0.2) is 4.79 Å². The minimum absolute atomic E-state index is 0.181. The van der Waals surface area contributed by atoms with Gasteiger partial charge in [0.2, 0.25) is 0 Å². The van der Waals surface area contributed by atoms with Gasteiger partial charge in [-0.2, -0.15) is 0 Å². The quantitative estimate of drug-likeness (QED) is 0.501. The van der Waals surface area contributed by atoms with Crippen molar-refractivity contribution in [1.82, 2.24) is 10.6 Å². The first-order valence-corrected chi connectivity index (χ1v) is 5.89. The summed E-state index contributed by atoms with van der Waals surface area (Å²) in [5, 5.41) is 13.8. The van der Waals surface area contributed by atoms with Crippen LogP contribution in [0.5, 0.6) is 0 Å². The van der Waals surface area contributed by atoms with Crippen LogP contribution in [0.15, 0.2) is 0 Å². The number of carboxylic acid groups (broad SMARTS) is 1. The number of carbonyl (C=O) groups is 2. The zero-order chi connectivity index (χ0) is 12.9. The Kier molecular flexibility index (Phi) is 10.3. The Morgan fingerprint density at radius 3 is 2.29 bits per heavy atom. The second-order valence-corrected chi connectivity index (χ2v) is 3.73. The van der Waals surface area contributed by atoms with E-state index in [0.717, 1.165) is 19.3 Å². The molecule has 0 bridgehead atoms. The van der Waals surface area contributed by atoms with E-state index >= 15 is 0 Å². The van der Waals surface area contributed by atoms with Crippen LogP contribution >= 0.6 is 0 Å². The summed E-state index contributed by atoms with van der Waals surface area (Å²) in [6.07, 6.45) is 3.27. The lowest BCUT2D eigenvalue weighted by Crippen LogP contribution is -2.36. The Balaban J connectivity index is 3.19. The molecule has 0 aliphatic rings. The summed E-state index contributed by atoms with van der Waals surface area (Å²) in [5.74, 6) is -0.770. The number of rotatable bonds is 10. The smallest absolute Gasteiger partial charge is 0.314 e. The SMILES string of the molecule is COCCCNC(=O)NCCCCCC(=O)O. The molecule has 0 atom stereocenters. The van der Waals surface area contributed by atoms with E-state index in [-0.39, 0.29) is 12.5 Å². The van der Waals surface area contributed by atoms with Crippen LogP contribution in [0.3, 0.4) is 0 Å². The van der Waals surface area contributed by atoms with Crippen LogP contribution in [0.25, 0.3) is 0 Å². The van der Waals surface area contributed by atoms with E-state index in [1.54, 1.807) is 7.11 Å². The van der Waals surface area contributed by atoms with Crippen molar-refractivity contribution in [2.75, 3.05) is 26.8 Å². The monoisotopic (exact) mass is 246 g/mol.